The van der Waals surface area contributed by atoms with Crippen molar-refractivity contribution in [3.63, 3.8) is 0 Å². The lowest BCUT2D eigenvalue weighted by atomic mass is 10.1. The zero-order valence-electron chi connectivity index (χ0n) is 9.11. The van der Waals surface area contributed by atoms with Gasteiger partial charge in [0.05, 0.1) is 0 Å². The Hall–Kier alpha value is -1.13. The molecule has 0 fully saturated rings. The summed E-state index contributed by atoms with van der Waals surface area (Å²) in [5.41, 5.74) is 7.20. The summed E-state index contributed by atoms with van der Waals surface area (Å²) in [6, 6.07) is 0.152. The summed E-state index contributed by atoms with van der Waals surface area (Å²) in [5.74, 6) is 1.12. The van der Waals surface area contributed by atoms with E-state index >= 15 is 0 Å². The molecule has 0 saturated heterocycles. The van der Waals surface area contributed by atoms with Gasteiger partial charge < -0.3 is 15.6 Å². The quantitative estimate of drug-likeness (QED) is 0.699. The first-order valence-electron chi connectivity index (χ1n) is 5.45. The van der Waals surface area contributed by atoms with Crippen molar-refractivity contribution in [1.82, 2.24) is 14.9 Å². The summed E-state index contributed by atoms with van der Waals surface area (Å²) in [7, 11) is 0. The van der Waals surface area contributed by atoms with E-state index in [1.165, 1.54) is 5.57 Å². The molecule has 1 aromatic heterocycles. The molecule has 4 nitrogen and oxygen atoms in total. The van der Waals surface area contributed by atoms with Crippen molar-refractivity contribution in [2.75, 3.05) is 13.1 Å². The smallest absolute Gasteiger partial charge is 0.112 e. The molecule has 1 unspecified atom stereocenters. The Morgan fingerprint density at radius 1 is 1.67 bits per heavy atom. The summed E-state index contributed by atoms with van der Waals surface area (Å²) in [6.45, 7) is 4.92. The van der Waals surface area contributed by atoms with Crippen LogP contribution in [0.4, 0.5) is 0 Å². The van der Waals surface area contributed by atoms with Crippen molar-refractivity contribution >= 4 is 0 Å². The number of nitrogens with one attached hydrogen (secondary N) is 1. The van der Waals surface area contributed by atoms with Gasteiger partial charge in [-0.05, 0) is 6.92 Å². The molecule has 1 aromatic rings. The summed E-state index contributed by atoms with van der Waals surface area (Å²) < 4.78 is 2.17. The molecule has 2 rings (SSSR count). The van der Waals surface area contributed by atoms with Crippen molar-refractivity contribution < 1.29 is 0 Å². The van der Waals surface area contributed by atoms with Crippen LogP contribution in [-0.2, 0) is 13.0 Å². The van der Waals surface area contributed by atoms with Crippen LogP contribution < -0.4 is 11.1 Å². The number of nitrogens with two attached hydrogens (primary N) is 1. The fourth-order valence-corrected chi connectivity index (χ4v) is 1.94. The highest BCUT2D eigenvalue weighted by molar-refractivity contribution is 5.17. The van der Waals surface area contributed by atoms with Crippen LogP contribution >= 0.6 is 0 Å². The maximum atomic E-state index is 5.86. The maximum absolute atomic E-state index is 5.86. The van der Waals surface area contributed by atoms with E-state index in [-0.39, 0.29) is 6.04 Å². The standard InChI is InChI=1S/C11H18N4/c1-2-15-4-3-14-11(15)6-9-5-10(12)8-13-7-9/h3-5,10,13H,2,6-8,12H2,1H3. The Morgan fingerprint density at radius 2 is 2.53 bits per heavy atom. The van der Waals surface area contributed by atoms with Gasteiger partial charge in [0, 0.05) is 44.5 Å². The molecule has 0 radical (unpaired) electrons. The normalized spacial score (nSPS) is 21.5. The van der Waals surface area contributed by atoms with Gasteiger partial charge >= 0.3 is 0 Å². The molecule has 0 aromatic carbocycles. The fourth-order valence-electron chi connectivity index (χ4n) is 1.94. The molecule has 4 heteroatoms. The van der Waals surface area contributed by atoms with Crippen LogP contribution in [0.25, 0.3) is 0 Å². The molecule has 0 amide bonds. The second-order valence-electron chi connectivity index (χ2n) is 3.93. The van der Waals surface area contributed by atoms with Crippen molar-refractivity contribution in [3.8, 4) is 0 Å². The Labute approximate surface area is 90.2 Å². The van der Waals surface area contributed by atoms with E-state index in [0.29, 0.717) is 0 Å². The van der Waals surface area contributed by atoms with Crippen LogP contribution in [0.15, 0.2) is 24.0 Å². The number of nitrogens with zero attached hydrogens (tertiary/aromatic N) is 2. The molecule has 1 aliphatic heterocycles. The van der Waals surface area contributed by atoms with Crippen LogP contribution in [0.2, 0.25) is 0 Å². The molecular formula is C11H18N4. The topological polar surface area (TPSA) is 55.9 Å². The van der Waals surface area contributed by atoms with Gasteiger partial charge in [-0.15, -0.1) is 0 Å². The lowest BCUT2D eigenvalue weighted by Crippen LogP contribution is -2.38. The number of rotatable bonds is 3. The van der Waals surface area contributed by atoms with Gasteiger partial charge in [0.25, 0.3) is 0 Å². The zero-order valence-corrected chi connectivity index (χ0v) is 9.11. The van der Waals surface area contributed by atoms with Crippen LogP contribution in [0.1, 0.15) is 12.7 Å². The van der Waals surface area contributed by atoms with E-state index in [1.54, 1.807) is 0 Å². The van der Waals surface area contributed by atoms with Gasteiger partial charge in [-0.1, -0.05) is 11.6 Å². The average Bonchev–Trinajstić information content (AvgIpc) is 2.65. The van der Waals surface area contributed by atoms with E-state index < -0.39 is 0 Å². The molecule has 3 N–H and O–H groups in total. The first-order valence-corrected chi connectivity index (χ1v) is 5.45. The van der Waals surface area contributed by atoms with Gasteiger partial charge in [0.15, 0.2) is 0 Å². The van der Waals surface area contributed by atoms with Gasteiger partial charge in [-0.2, -0.15) is 0 Å². The van der Waals surface area contributed by atoms with Crippen LogP contribution in [-0.4, -0.2) is 28.7 Å². The lowest BCUT2D eigenvalue weighted by Gasteiger charge is -2.19. The highest BCUT2D eigenvalue weighted by atomic mass is 15.1. The highest BCUT2D eigenvalue weighted by Gasteiger charge is 2.11. The molecule has 0 aliphatic carbocycles. The Bertz CT molecular complexity index is 353. The molecule has 82 valence electrons. The van der Waals surface area contributed by atoms with E-state index in [4.69, 9.17) is 5.73 Å². The van der Waals surface area contributed by atoms with E-state index in [0.717, 1.165) is 31.9 Å². The number of hydrogen-bond donors (Lipinski definition) is 2. The molecule has 2 heterocycles. The fraction of sp³-hybridized carbons (Fsp3) is 0.545. The van der Waals surface area contributed by atoms with Gasteiger partial charge in [-0.25, -0.2) is 4.98 Å². The predicted octanol–water partition coefficient (Wildman–Crippen LogP) is 0.302. The molecule has 0 bridgehead atoms. The van der Waals surface area contributed by atoms with E-state index in [9.17, 15) is 0 Å². The number of hydrogen-bond acceptors (Lipinski definition) is 3. The zero-order chi connectivity index (χ0) is 10.7. The number of aromatic nitrogens is 2. The summed E-state index contributed by atoms with van der Waals surface area (Å²) in [5, 5.41) is 3.30. The first-order chi connectivity index (χ1) is 7.29. The highest BCUT2D eigenvalue weighted by Crippen LogP contribution is 2.09. The third kappa shape index (κ3) is 2.46. The minimum absolute atomic E-state index is 0.152. The first kappa shape index (κ1) is 10.4. The SMILES string of the molecule is CCn1ccnc1CC1=CC(N)CNC1. The van der Waals surface area contributed by atoms with E-state index in [1.807, 2.05) is 12.4 Å². The maximum Gasteiger partial charge on any atom is 0.112 e. The Balaban J connectivity index is 2.08. The number of aryl methyl sites for hydroxylation is 1. The lowest BCUT2D eigenvalue weighted by molar-refractivity contribution is 0.616. The molecular weight excluding hydrogens is 188 g/mol. The monoisotopic (exact) mass is 206 g/mol. The summed E-state index contributed by atoms with van der Waals surface area (Å²) >= 11 is 0. The molecule has 0 saturated carbocycles. The third-order valence-electron chi connectivity index (χ3n) is 2.71. The van der Waals surface area contributed by atoms with Crippen LogP contribution in [0.5, 0.6) is 0 Å². The summed E-state index contributed by atoms with van der Waals surface area (Å²) in [4.78, 5) is 4.36. The van der Waals surface area contributed by atoms with Crippen LogP contribution in [0, 0.1) is 0 Å². The van der Waals surface area contributed by atoms with Crippen molar-refractivity contribution in [2.45, 2.75) is 25.9 Å². The second kappa shape index (κ2) is 4.59. The van der Waals surface area contributed by atoms with Crippen molar-refractivity contribution in [1.29, 1.82) is 0 Å². The van der Waals surface area contributed by atoms with Gasteiger partial charge in [0.1, 0.15) is 5.82 Å². The summed E-state index contributed by atoms with van der Waals surface area (Å²) in [6.07, 6.45) is 6.94. The largest absolute Gasteiger partial charge is 0.335 e. The van der Waals surface area contributed by atoms with Crippen molar-refractivity contribution in [2.24, 2.45) is 5.73 Å². The molecule has 0 spiro atoms. The second-order valence-corrected chi connectivity index (χ2v) is 3.93. The Morgan fingerprint density at radius 3 is 3.27 bits per heavy atom. The van der Waals surface area contributed by atoms with E-state index in [2.05, 4.69) is 27.9 Å². The minimum Gasteiger partial charge on any atom is -0.335 e. The van der Waals surface area contributed by atoms with Gasteiger partial charge in [-0.3, -0.25) is 0 Å². The Kier molecular flexibility index (Phi) is 3.18. The minimum atomic E-state index is 0.152. The number of imidazole rings is 1. The molecule has 1 atom stereocenters. The van der Waals surface area contributed by atoms with Crippen molar-refractivity contribution in [3.05, 3.63) is 29.9 Å². The third-order valence-corrected chi connectivity index (χ3v) is 2.71. The van der Waals surface area contributed by atoms with Gasteiger partial charge in [0.2, 0.25) is 0 Å². The molecule has 15 heavy (non-hydrogen) atoms. The predicted molar refractivity (Wildman–Crippen MR) is 60.5 cm³/mol. The van der Waals surface area contributed by atoms with Crippen LogP contribution in [0.3, 0.4) is 0 Å². The molecule has 1 aliphatic rings. The average molecular weight is 206 g/mol.